The summed E-state index contributed by atoms with van der Waals surface area (Å²) in [6.45, 7) is 0. The van der Waals surface area contributed by atoms with Crippen LogP contribution in [0, 0.1) is 6.07 Å². The van der Waals surface area contributed by atoms with E-state index in [9.17, 15) is 0 Å². The minimum atomic E-state index is 0.503. The van der Waals surface area contributed by atoms with Crippen molar-refractivity contribution in [3.8, 4) is 0 Å². The average molecular weight is 229 g/mol. The lowest BCUT2D eigenvalue weighted by molar-refractivity contribution is 0.847. The molecule has 0 heterocycles. The Labute approximate surface area is 107 Å². The molecule has 4 rings (SSSR count). The second kappa shape index (κ2) is 3.71. The van der Waals surface area contributed by atoms with Gasteiger partial charge < -0.3 is 0 Å². The third kappa shape index (κ3) is 1.32. The van der Waals surface area contributed by atoms with E-state index in [0.29, 0.717) is 5.92 Å². The average Bonchev–Trinajstić information content (AvgIpc) is 2.82. The minimum Gasteiger partial charge on any atom is -0.0614 e. The summed E-state index contributed by atoms with van der Waals surface area (Å²) in [4.78, 5) is 0. The first-order valence-electron chi connectivity index (χ1n) is 6.40. The highest BCUT2D eigenvalue weighted by molar-refractivity contribution is 5.92. The van der Waals surface area contributed by atoms with Crippen LogP contribution in [0.15, 0.2) is 60.7 Å². The van der Waals surface area contributed by atoms with E-state index in [0.717, 1.165) is 6.42 Å². The van der Waals surface area contributed by atoms with Gasteiger partial charge in [-0.3, -0.25) is 0 Å². The molecule has 0 saturated carbocycles. The van der Waals surface area contributed by atoms with Gasteiger partial charge in [0.1, 0.15) is 0 Å². The first-order chi connectivity index (χ1) is 8.93. The molecule has 3 aromatic rings. The molecule has 1 radical (unpaired) electrons. The van der Waals surface area contributed by atoms with Crippen LogP contribution < -0.4 is 0 Å². The molecule has 18 heavy (non-hydrogen) atoms. The molecule has 0 spiro atoms. The Morgan fingerprint density at radius 2 is 1.83 bits per heavy atom. The van der Waals surface area contributed by atoms with Crippen LogP contribution in [0.1, 0.15) is 22.6 Å². The van der Waals surface area contributed by atoms with Crippen LogP contribution in [-0.2, 0) is 6.42 Å². The van der Waals surface area contributed by atoms with Gasteiger partial charge in [0.15, 0.2) is 0 Å². The Morgan fingerprint density at radius 3 is 2.67 bits per heavy atom. The molecule has 1 atom stereocenters. The van der Waals surface area contributed by atoms with Crippen molar-refractivity contribution in [2.45, 2.75) is 12.3 Å². The van der Waals surface area contributed by atoms with Gasteiger partial charge in [-0.2, -0.15) is 0 Å². The summed E-state index contributed by atoms with van der Waals surface area (Å²) in [5.74, 6) is 0.503. The SMILES string of the molecule is [c]1cccc(C2Cc3cccc4cccc2c34)c1. The molecule has 0 aliphatic heterocycles. The van der Waals surface area contributed by atoms with E-state index in [-0.39, 0.29) is 0 Å². The van der Waals surface area contributed by atoms with Crippen LogP contribution in [0.25, 0.3) is 10.8 Å². The van der Waals surface area contributed by atoms with Crippen molar-refractivity contribution < 1.29 is 0 Å². The first-order valence-corrected chi connectivity index (χ1v) is 6.40. The molecule has 0 saturated heterocycles. The van der Waals surface area contributed by atoms with Gasteiger partial charge in [-0.05, 0) is 39.9 Å². The maximum Gasteiger partial charge on any atom is 0.0136 e. The van der Waals surface area contributed by atoms with Crippen molar-refractivity contribution in [1.29, 1.82) is 0 Å². The summed E-state index contributed by atoms with van der Waals surface area (Å²) in [6, 6.07) is 24.9. The summed E-state index contributed by atoms with van der Waals surface area (Å²) in [5.41, 5.74) is 4.33. The van der Waals surface area contributed by atoms with E-state index in [1.165, 1.54) is 27.5 Å². The van der Waals surface area contributed by atoms with Gasteiger partial charge in [0.2, 0.25) is 0 Å². The fourth-order valence-corrected chi connectivity index (χ4v) is 3.16. The van der Waals surface area contributed by atoms with Crippen molar-refractivity contribution in [1.82, 2.24) is 0 Å². The van der Waals surface area contributed by atoms with E-state index < -0.39 is 0 Å². The third-order valence-corrected chi connectivity index (χ3v) is 3.96. The summed E-state index contributed by atoms with van der Waals surface area (Å²) < 4.78 is 0. The van der Waals surface area contributed by atoms with Gasteiger partial charge >= 0.3 is 0 Å². The van der Waals surface area contributed by atoms with E-state index >= 15 is 0 Å². The Morgan fingerprint density at radius 1 is 0.944 bits per heavy atom. The molecule has 1 unspecified atom stereocenters. The third-order valence-electron chi connectivity index (χ3n) is 3.96. The molecule has 1 aliphatic rings. The monoisotopic (exact) mass is 229 g/mol. The molecule has 0 amide bonds. The zero-order valence-corrected chi connectivity index (χ0v) is 10.1. The van der Waals surface area contributed by atoms with Crippen molar-refractivity contribution in [2.24, 2.45) is 0 Å². The van der Waals surface area contributed by atoms with Gasteiger partial charge in [0, 0.05) is 5.92 Å². The number of rotatable bonds is 1. The minimum absolute atomic E-state index is 0.503. The van der Waals surface area contributed by atoms with Crippen LogP contribution in [0.4, 0.5) is 0 Å². The summed E-state index contributed by atoms with van der Waals surface area (Å²) >= 11 is 0. The Balaban J connectivity index is 1.97. The first kappa shape index (κ1) is 9.90. The summed E-state index contributed by atoms with van der Waals surface area (Å²) in [6.07, 6.45) is 1.12. The predicted octanol–water partition coefficient (Wildman–Crippen LogP) is 4.33. The van der Waals surface area contributed by atoms with Crippen molar-refractivity contribution in [2.75, 3.05) is 0 Å². The van der Waals surface area contributed by atoms with Crippen LogP contribution in [-0.4, -0.2) is 0 Å². The zero-order valence-electron chi connectivity index (χ0n) is 10.1. The van der Waals surface area contributed by atoms with Gasteiger partial charge in [0.25, 0.3) is 0 Å². The molecule has 0 heteroatoms. The van der Waals surface area contributed by atoms with Crippen LogP contribution in [0.5, 0.6) is 0 Å². The lowest BCUT2D eigenvalue weighted by atomic mass is 9.92. The fraction of sp³-hybridized carbons (Fsp3) is 0.111. The molecule has 3 aromatic carbocycles. The molecule has 85 valence electrons. The van der Waals surface area contributed by atoms with Gasteiger partial charge in [-0.25, -0.2) is 0 Å². The smallest absolute Gasteiger partial charge is 0.0136 e. The van der Waals surface area contributed by atoms with Crippen LogP contribution in [0.3, 0.4) is 0 Å². The number of hydrogen-bond acceptors (Lipinski definition) is 0. The molecule has 0 fully saturated rings. The van der Waals surface area contributed by atoms with Crippen LogP contribution in [0.2, 0.25) is 0 Å². The van der Waals surface area contributed by atoms with Crippen molar-refractivity contribution in [3.63, 3.8) is 0 Å². The molecule has 1 aliphatic carbocycles. The summed E-state index contributed by atoms with van der Waals surface area (Å²) in [7, 11) is 0. The molecule has 0 bridgehead atoms. The van der Waals surface area contributed by atoms with E-state index in [2.05, 4.69) is 60.7 Å². The molecule has 0 N–H and O–H groups in total. The predicted molar refractivity (Wildman–Crippen MR) is 74.8 cm³/mol. The zero-order chi connectivity index (χ0) is 11.9. The maximum atomic E-state index is 3.20. The lowest BCUT2D eigenvalue weighted by Crippen LogP contribution is -1.98. The Kier molecular flexibility index (Phi) is 2.04. The fourth-order valence-electron chi connectivity index (χ4n) is 3.16. The van der Waals surface area contributed by atoms with Crippen molar-refractivity contribution >= 4 is 10.8 Å². The normalized spacial score (nSPS) is 17.2. The van der Waals surface area contributed by atoms with Gasteiger partial charge in [-0.1, -0.05) is 60.7 Å². The number of benzene rings is 3. The Bertz CT molecular complexity index is 705. The second-order valence-electron chi connectivity index (χ2n) is 4.96. The highest BCUT2D eigenvalue weighted by atomic mass is 14.3. The summed E-state index contributed by atoms with van der Waals surface area (Å²) in [5, 5.41) is 2.83. The van der Waals surface area contributed by atoms with E-state index in [4.69, 9.17) is 0 Å². The molecular formula is C18H13. The second-order valence-corrected chi connectivity index (χ2v) is 4.96. The maximum absolute atomic E-state index is 3.20. The molecule has 0 nitrogen and oxygen atoms in total. The quantitative estimate of drug-likeness (QED) is 0.582. The van der Waals surface area contributed by atoms with Gasteiger partial charge in [-0.15, -0.1) is 0 Å². The van der Waals surface area contributed by atoms with E-state index in [1.807, 2.05) is 6.07 Å². The topological polar surface area (TPSA) is 0 Å². The Hall–Kier alpha value is -2.08. The standard InChI is InChI=1S/C18H13/c1-2-6-13(7-3-1)17-12-15-10-4-8-14-9-5-11-16(17)18(14)15/h1-2,4-11,17H,12H2. The molecular weight excluding hydrogens is 216 g/mol. The van der Waals surface area contributed by atoms with Crippen molar-refractivity contribution in [3.05, 3.63) is 83.4 Å². The van der Waals surface area contributed by atoms with Gasteiger partial charge in [0.05, 0.1) is 0 Å². The highest BCUT2D eigenvalue weighted by Crippen LogP contribution is 2.41. The highest BCUT2D eigenvalue weighted by Gasteiger charge is 2.24. The van der Waals surface area contributed by atoms with E-state index in [1.54, 1.807) is 0 Å². The molecule has 0 aromatic heterocycles. The number of hydrogen-bond donors (Lipinski definition) is 0. The largest absolute Gasteiger partial charge is 0.0614 e. The lowest BCUT2D eigenvalue weighted by Gasteiger charge is -2.11. The van der Waals surface area contributed by atoms with Crippen LogP contribution >= 0.6 is 0 Å².